The van der Waals surface area contributed by atoms with Crippen molar-refractivity contribution < 1.29 is 4.52 Å². The van der Waals surface area contributed by atoms with Crippen LogP contribution in [-0.2, 0) is 6.42 Å². The van der Waals surface area contributed by atoms with Gasteiger partial charge in [-0.25, -0.2) is 0 Å². The molecule has 3 heteroatoms. The molecule has 78 valence electrons. The summed E-state index contributed by atoms with van der Waals surface area (Å²) in [6, 6.07) is 6.34. The quantitative estimate of drug-likeness (QED) is 0.814. The van der Waals surface area contributed by atoms with Crippen LogP contribution in [0.3, 0.4) is 0 Å². The summed E-state index contributed by atoms with van der Waals surface area (Å²) in [5, 5.41) is 3.70. The normalized spacial score (nSPS) is 10.5. The van der Waals surface area contributed by atoms with Crippen LogP contribution in [0.1, 0.15) is 18.1 Å². The molecule has 0 aliphatic heterocycles. The largest absolute Gasteiger partial charge is 0.367 e. The van der Waals surface area contributed by atoms with Crippen LogP contribution >= 0.6 is 0 Å². The minimum atomic E-state index is 0.385. The average molecular weight is 202 g/mol. The van der Waals surface area contributed by atoms with Crippen molar-refractivity contribution in [1.82, 2.24) is 5.16 Å². The van der Waals surface area contributed by atoms with E-state index in [2.05, 4.69) is 37.2 Å². The highest BCUT2D eigenvalue weighted by atomic mass is 16.5. The molecule has 0 aliphatic rings. The van der Waals surface area contributed by atoms with Gasteiger partial charge in [-0.05, 0) is 24.5 Å². The number of aromatic nitrogens is 1. The second-order valence-corrected chi connectivity index (χ2v) is 3.62. The molecule has 0 unspecified atom stereocenters. The highest BCUT2D eigenvalue weighted by Gasteiger charge is 2.10. The van der Waals surface area contributed by atoms with Crippen molar-refractivity contribution >= 4 is 5.88 Å². The van der Waals surface area contributed by atoms with E-state index in [9.17, 15) is 0 Å². The van der Waals surface area contributed by atoms with Crippen LogP contribution in [0.25, 0.3) is 11.1 Å². The molecule has 0 spiro atoms. The molecule has 2 N–H and O–H groups in total. The summed E-state index contributed by atoms with van der Waals surface area (Å²) < 4.78 is 4.89. The molecule has 1 aromatic carbocycles. The van der Waals surface area contributed by atoms with Crippen LogP contribution < -0.4 is 5.73 Å². The van der Waals surface area contributed by atoms with E-state index < -0.39 is 0 Å². The number of aryl methyl sites for hydroxylation is 2. The molecule has 0 radical (unpaired) electrons. The van der Waals surface area contributed by atoms with Gasteiger partial charge in [0.25, 0.3) is 0 Å². The number of nitrogens with two attached hydrogens (primary N) is 1. The molecule has 0 amide bonds. The summed E-state index contributed by atoms with van der Waals surface area (Å²) in [6.07, 6.45) is 2.64. The minimum absolute atomic E-state index is 0.385. The van der Waals surface area contributed by atoms with Gasteiger partial charge in [-0.15, -0.1) is 0 Å². The van der Waals surface area contributed by atoms with Gasteiger partial charge in [0, 0.05) is 0 Å². The third-order valence-electron chi connectivity index (χ3n) is 2.53. The Morgan fingerprint density at radius 1 is 1.33 bits per heavy atom. The van der Waals surface area contributed by atoms with E-state index in [1.165, 1.54) is 11.1 Å². The Labute approximate surface area is 88.9 Å². The summed E-state index contributed by atoms with van der Waals surface area (Å²) in [6.45, 7) is 4.19. The van der Waals surface area contributed by atoms with Crippen LogP contribution in [0.15, 0.2) is 28.9 Å². The van der Waals surface area contributed by atoms with E-state index in [0.29, 0.717) is 5.88 Å². The van der Waals surface area contributed by atoms with Gasteiger partial charge in [0.1, 0.15) is 0 Å². The molecular weight excluding hydrogens is 188 g/mol. The third-order valence-corrected chi connectivity index (χ3v) is 2.53. The Kier molecular flexibility index (Phi) is 2.46. The van der Waals surface area contributed by atoms with E-state index in [1.54, 1.807) is 6.20 Å². The van der Waals surface area contributed by atoms with E-state index in [1.807, 2.05) is 0 Å². The summed E-state index contributed by atoms with van der Waals surface area (Å²) in [4.78, 5) is 0. The summed E-state index contributed by atoms with van der Waals surface area (Å²) in [5.74, 6) is 0.385. The van der Waals surface area contributed by atoms with Crippen molar-refractivity contribution in [2.24, 2.45) is 0 Å². The van der Waals surface area contributed by atoms with Gasteiger partial charge in [-0.1, -0.05) is 35.8 Å². The van der Waals surface area contributed by atoms with Crippen LogP contribution in [0.4, 0.5) is 5.88 Å². The van der Waals surface area contributed by atoms with Gasteiger partial charge < -0.3 is 10.3 Å². The second kappa shape index (κ2) is 3.77. The first kappa shape index (κ1) is 9.77. The molecule has 15 heavy (non-hydrogen) atoms. The standard InChI is InChI=1S/C12H14N2O/c1-3-9-5-4-8(2)6-10(9)11-7-14-15-12(11)13/h4-7H,3,13H2,1-2H3. The Morgan fingerprint density at radius 2 is 2.13 bits per heavy atom. The lowest BCUT2D eigenvalue weighted by atomic mass is 9.98. The van der Waals surface area contributed by atoms with Crippen LogP contribution in [0, 0.1) is 6.92 Å². The first-order chi connectivity index (χ1) is 7.22. The van der Waals surface area contributed by atoms with Gasteiger partial charge in [0.05, 0.1) is 11.8 Å². The van der Waals surface area contributed by atoms with E-state index in [0.717, 1.165) is 17.5 Å². The monoisotopic (exact) mass is 202 g/mol. The summed E-state index contributed by atoms with van der Waals surface area (Å²) in [5.41, 5.74) is 10.2. The fourth-order valence-electron chi connectivity index (χ4n) is 1.70. The SMILES string of the molecule is CCc1ccc(C)cc1-c1cnoc1N. The molecule has 0 bridgehead atoms. The maximum atomic E-state index is 5.72. The molecule has 3 nitrogen and oxygen atoms in total. The lowest BCUT2D eigenvalue weighted by Crippen LogP contribution is -1.91. The average Bonchev–Trinajstić information content (AvgIpc) is 2.64. The van der Waals surface area contributed by atoms with Crippen molar-refractivity contribution in [3.63, 3.8) is 0 Å². The minimum Gasteiger partial charge on any atom is -0.367 e. The number of rotatable bonds is 2. The lowest BCUT2D eigenvalue weighted by Gasteiger charge is -2.06. The number of hydrogen-bond acceptors (Lipinski definition) is 3. The van der Waals surface area contributed by atoms with Crippen LogP contribution in [0.5, 0.6) is 0 Å². The maximum Gasteiger partial charge on any atom is 0.229 e. The Morgan fingerprint density at radius 3 is 2.73 bits per heavy atom. The number of hydrogen-bond donors (Lipinski definition) is 1. The molecule has 0 atom stereocenters. The smallest absolute Gasteiger partial charge is 0.229 e. The van der Waals surface area contributed by atoms with Gasteiger partial charge in [0.15, 0.2) is 0 Å². The highest BCUT2D eigenvalue weighted by molar-refractivity contribution is 5.75. The van der Waals surface area contributed by atoms with Gasteiger partial charge in [-0.2, -0.15) is 0 Å². The molecule has 0 fully saturated rings. The Bertz CT molecular complexity index is 474. The van der Waals surface area contributed by atoms with Gasteiger partial charge in [-0.3, -0.25) is 0 Å². The topological polar surface area (TPSA) is 52.0 Å². The number of benzene rings is 1. The first-order valence-electron chi connectivity index (χ1n) is 5.02. The van der Waals surface area contributed by atoms with Gasteiger partial charge in [0.2, 0.25) is 5.88 Å². The van der Waals surface area contributed by atoms with Crippen molar-refractivity contribution in [3.8, 4) is 11.1 Å². The zero-order valence-corrected chi connectivity index (χ0v) is 8.95. The molecule has 0 saturated carbocycles. The Hall–Kier alpha value is -1.77. The molecule has 2 rings (SSSR count). The number of nitrogens with zero attached hydrogens (tertiary/aromatic N) is 1. The fourth-order valence-corrected chi connectivity index (χ4v) is 1.70. The predicted molar refractivity (Wildman–Crippen MR) is 60.5 cm³/mol. The molecule has 1 aromatic heterocycles. The number of nitrogen functional groups attached to an aromatic ring is 1. The van der Waals surface area contributed by atoms with Crippen LogP contribution in [0.2, 0.25) is 0 Å². The second-order valence-electron chi connectivity index (χ2n) is 3.62. The van der Waals surface area contributed by atoms with Crippen molar-refractivity contribution in [1.29, 1.82) is 0 Å². The highest BCUT2D eigenvalue weighted by Crippen LogP contribution is 2.29. The molecule has 2 aromatic rings. The molecular formula is C12H14N2O. The summed E-state index contributed by atoms with van der Waals surface area (Å²) >= 11 is 0. The molecule has 0 saturated heterocycles. The lowest BCUT2D eigenvalue weighted by molar-refractivity contribution is 0.436. The van der Waals surface area contributed by atoms with Gasteiger partial charge >= 0.3 is 0 Å². The van der Waals surface area contributed by atoms with E-state index in [4.69, 9.17) is 10.3 Å². The zero-order chi connectivity index (χ0) is 10.8. The molecule has 0 aliphatic carbocycles. The third kappa shape index (κ3) is 1.73. The van der Waals surface area contributed by atoms with Crippen LogP contribution in [-0.4, -0.2) is 5.16 Å². The van der Waals surface area contributed by atoms with Crippen molar-refractivity contribution in [2.75, 3.05) is 5.73 Å². The first-order valence-corrected chi connectivity index (χ1v) is 5.02. The predicted octanol–water partition coefficient (Wildman–Crippen LogP) is 2.79. The number of anilines is 1. The zero-order valence-electron chi connectivity index (χ0n) is 8.95. The summed E-state index contributed by atoms with van der Waals surface area (Å²) in [7, 11) is 0. The molecule has 1 heterocycles. The Balaban J connectivity index is 2.60. The van der Waals surface area contributed by atoms with Crippen molar-refractivity contribution in [2.45, 2.75) is 20.3 Å². The van der Waals surface area contributed by atoms with E-state index >= 15 is 0 Å². The fraction of sp³-hybridized carbons (Fsp3) is 0.250. The maximum absolute atomic E-state index is 5.72. The van der Waals surface area contributed by atoms with E-state index in [-0.39, 0.29) is 0 Å². The van der Waals surface area contributed by atoms with Crippen molar-refractivity contribution in [3.05, 3.63) is 35.5 Å².